The van der Waals surface area contributed by atoms with Crippen molar-refractivity contribution in [2.75, 3.05) is 17.7 Å². The normalized spacial score (nSPS) is 11.7. The van der Waals surface area contributed by atoms with E-state index in [0.717, 1.165) is 5.69 Å². The Kier molecular flexibility index (Phi) is 5.63. The number of halogens is 1. The molecule has 6 heteroatoms. The quantitative estimate of drug-likeness (QED) is 0.683. The van der Waals surface area contributed by atoms with Gasteiger partial charge in [0.1, 0.15) is 11.5 Å². The van der Waals surface area contributed by atoms with Crippen LogP contribution in [0, 0.1) is 0 Å². The highest BCUT2D eigenvalue weighted by Crippen LogP contribution is 2.23. The van der Waals surface area contributed by atoms with Crippen LogP contribution in [0.1, 0.15) is 10.4 Å². The molecule has 0 radical (unpaired) electrons. The molecule has 1 unspecified atom stereocenters. The van der Waals surface area contributed by atoms with Crippen LogP contribution >= 0.6 is 11.6 Å². The number of aliphatic hydroxyl groups is 1. The lowest BCUT2D eigenvalue weighted by atomic mass is 10.2. The van der Waals surface area contributed by atoms with Crippen molar-refractivity contribution in [1.29, 1.82) is 0 Å². The third-order valence-electron chi connectivity index (χ3n) is 2.91. The Hall–Kier alpha value is -2.24. The average Bonchev–Trinajstić information content (AvgIpc) is 2.54. The Morgan fingerprint density at radius 2 is 1.64 bits per heavy atom. The summed E-state index contributed by atoms with van der Waals surface area (Å²) in [5, 5.41) is 21.2. The van der Waals surface area contributed by atoms with Gasteiger partial charge in [-0.05, 0) is 48.5 Å². The number of rotatable bonds is 7. The van der Waals surface area contributed by atoms with Gasteiger partial charge in [-0.3, -0.25) is 0 Å². The summed E-state index contributed by atoms with van der Waals surface area (Å²) in [4.78, 5) is 10.8. The second-order valence-corrected chi connectivity index (χ2v) is 4.95. The first-order valence-corrected chi connectivity index (χ1v) is 7.21. The monoisotopic (exact) mass is 321 g/mol. The van der Waals surface area contributed by atoms with Crippen molar-refractivity contribution in [3.05, 3.63) is 54.1 Å². The van der Waals surface area contributed by atoms with Gasteiger partial charge >= 0.3 is 5.97 Å². The van der Waals surface area contributed by atoms with Crippen LogP contribution in [-0.2, 0) is 0 Å². The van der Waals surface area contributed by atoms with Gasteiger partial charge in [0.05, 0.1) is 17.5 Å². The van der Waals surface area contributed by atoms with E-state index in [1.54, 1.807) is 24.3 Å². The van der Waals surface area contributed by atoms with E-state index in [-0.39, 0.29) is 11.4 Å². The fourth-order valence-corrected chi connectivity index (χ4v) is 1.84. The molecule has 0 aliphatic carbocycles. The zero-order valence-corrected chi connectivity index (χ0v) is 12.5. The van der Waals surface area contributed by atoms with Crippen LogP contribution in [0.4, 0.5) is 5.69 Å². The van der Waals surface area contributed by atoms with Crippen molar-refractivity contribution < 1.29 is 19.7 Å². The molecule has 0 saturated heterocycles. The average molecular weight is 322 g/mol. The van der Waals surface area contributed by atoms with Gasteiger partial charge in [-0.1, -0.05) is 0 Å². The van der Waals surface area contributed by atoms with Crippen molar-refractivity contribution in [1.82, 2.24) is 0 Å². The van der Waals surface area contributed by atoms with E-state index in [4.69, 9.17) is 21.4 Å². The Balaban J connectivity index is 1.94. The van der Waals surface area contributed by atoms with Crippen molar-refractivity contribution >= 4 is 23.3 Å². The molecule has 3 N–H and O–H groups in total. The first-order chi connectivity index (χ1) is 10.6. The molecular formula is C16H16ClNO4. The Bertz CT molecular complexity index is 613. The van der Waals surface area contributed by atoms with Crippen molar-refractivity contribution in [3.63, 3.8) is 0 Å². The van der Waals surface area contributed by atoms with E-state index in [1.165, 1.54) is 12.1 Å². The standard InChI is InChI=1S/C16H16ClNO4/c17-9-13(19)10-18-12-3-7-15(8-4-12)22-14-5-1-11(2-6-14)16(20)21/h1-8,13,18-19H,9-10H2,(H,20,21). The lowest BCUT2D eigenvalue weighted by Crippen LogP contribution is -2.20. The van der Waals surface area contributed by atoms with E-state index >= 15 is 0 Å². The maximum absolute atomic E-state index is 10.8. The summed E-state index contributed by atoms with van der Waals surface area (Å²) in [5.41, 5.74) is 1.06. The third kappa shape index (κ3) is 4.65. The van der Waals surface area contributed by atoms with Crippen LogP contribution in [0.3, 0.4) is 0 Å². The predicted molar refractivity (Wildman–Crippen MR) is 85.1 cm³/mol. The van der Waals surface area contributed by atoms with Gasteiger partial charge in [0.25, 0.3) is 0 Å². The molecule has 0 fully saturated rings. The molecule has 22 heavy (non-hydrogen) atoms. The predicted octanol–water partition coefficient (Wildman–Crippen LogP) is 3.19. The van der Waals surface area contributed by atoms with Gasteiger partial charge in [-0.25, -0.2) is 4.79 Å². The number of anilines is 1. The third-order valence-corrected chi connectivity index (χ3v) is 3.27. The summed E-state index contributed by atoms with van der Waals surface area (Å²) in [6.07, 6.45) is -0.592. The number of nitrogens with one attached hydrogen (secondary N) is 1. The van der Waals surface area contributed by atoms with Gasteiger partial charge in [0.2, 0.25) is 0 Å². The lowest BCUT2D eigenvalue weighted by Gasteiger charge is -2.11. The summed E-state index contributed by atoms with van der Waals surface area (Å²) in [5.74, 6) is 0.400. The molecule has 0 bridgehead atoms. The minimum atomic E-state index is -0.971. The Morgan fingerprint density at radius 1 is 1.09 bits per heavy atom. The molecule has 2 aromatic carbocycles. The molecule has 0 amide bonds. The molecule has 2 rings (SSSR count). The molecule has 0 spiro atoms. The van der Waals surface area contributed by atoms with Gasteiger partial charge < -0.3 is 20.3 Å². The maximum atomic E-state index is 10.8. The van der Waals surface area contributed by atoms with E-state index in [9.17, 15) is 9.90 Å². The molecule has 116 valence electrons. The number of carbonyl (C=O) groups is 1. The highest BCUT2D eigenvalue weighted by atomic mass is 35.5. The van der Waals surface area contributed by atoms with E-state index in [2.05, 4.69) is 5.32 Å². The van der Waals surface area contributed by atoms with Crippen LogP contribution in [0.2, 0.25) is 0 Å². The number of hydrogen-bond donors (Lipinski definition) is 3. The van der Waals surface area contributed by atoms with Crippen molar-refractivity contribution in [2.45, 2.75) is 6.10 Å². The summed E-state index contributed by atoms with van der Waals surface area (Å²) in [7, 11) is 0. The maximum Gasteiger partial charge on any atom is 0.335 e. The Morgan fingerprint density at radius 3 is 2.14 bits per heavy atom. The first-order valence-electron chi connectivity index (χ1n) is 6.67. The van der Waals surface area contributed by atoms with Crippen LogP contribution in [0.15, 0.2) is 48.5 Å². The van der Waals surface area contributed by atoms with Gasteiger partial charge in [0.15, 0.2) is 0 Å². The number of hydrogen-bond acceptors (Lipinski definition) is 4. The molecule has 0 aromatic heterocycles. The SMILES string of the molecule is O=C(O)c1ccc(Oc2ccc(NCC(O)CCl)cc2)cc1. The summed E-state index contributed by atoms with van der Waals surface area (Å²) >= 11 is 5.52. The minimum absolute atomic E-state index is 0.181. The highest BCUT2D eigenvalue weighted by molar-refractivity contribution is 6.18. The second-order valence-electron chi connectivity index (χ2n) is 4.64. The van der Waals surface area contributed by atoms with E-state index < -0.39 is 12.1 Å². The zero-order chi connectivity index (χ0) is 15.9. The minimum Gasteiger partial charge on any atom is -0.478 e. The molecule has 0 aliphatic rings. The van der Waals surface area contributed by atoms with Gasteiger partial charge in [-0.2, -0.15) is 0 Å². The smallest absolute Gasteiger partial charge is 0.335 e. The number of ether oxygens (including phenoxy) is 1. The topological polar surface area (TPSA) is 78.8 Å². The van der Waals surface area contributed by atoms with E-state index in [0.29, 0.717) is 18.0 Å². The second kappa shape index (κ2) is 7.68. The van der Waals surface area contributed by atoms with Crippen molar-refractivity contribution in [2.24, 2.45) is 0 Å². The van der Waals surface area contributed by atoms with Gasteiger partial charge in [-0.15, -0.1) is 11.6 Å². The van der Waals surface area contributed by atoms with Crippen LogP contribution in [-0.4, -0.2) is 34.7 Å². The summed E-state index contributed by atoms with van der Waals surface area (Å²) in [6.45, 7) is 0.375. The number of alkyl halides is 1. The number of aliphatic hydroxyl groups excluding tert-OH is 1. The summed E-state index contributed by atoms with van der Waals surface area (Å²) < 4.78 is 5.62. The number of carboxylic acids is 1. The Labute approximate surface area is 133 Å². The van der Waals surface area contributed by atoms with Crippen LogP contribution in [0.5, 0.6) is 11.5 Å². The van der Waals surface area contributed by atoms with Crippen LogP contribution in [0.25, 0.3) is 0 Å². The molecule has 0 saturated carbocycles. The molecule has 5 nitrogen and oxygen atoms in total. The molecular weight excluding hydrogens is 306 g/mol. The highest BCUT2D eigenvalue weighted by Gasteiger charge is 2.04. The fraction of sp³-hybridized carbons (Fsp3) is 0.188. The molecule has 1 atom stereocenters. The fourth-order valence-electron chi connectivity index (χ4n) is 1.73. The van der Waals surface area contributed by atoms with Crippen LogP contribution < -0.4 is 10.1 Å². The number of carboxylic acid groups (broad SMARTS) is 1. The molecule has 0 heterocycles. The first kappa shape index (κ1) is 16.1. The van der Waals surface area contributed by atoms with Gasteiger partial charge in [0, 0.05) is 12.2 Å². The molecule has 0 aliphatic heterocycles. The lowest BCUT2D eigenvalue weighted by molar-refractivity contribution is 0.0697. The zero-order valence-electron chi connectivity index (χ0n) is 11.7. The van der Waals surface area contributed by atoms with Crippen molar-refractivity contribution in [3.8, 4) is 11.5 Å². The van der Waals surface area contributed by atoms with E-state index in [1.807, 2.05) is 12.1 Å². The number of aromatic carboxylic acids is 1. The number of benzene rings is 2. The molecule has 2 aromatic rings. The largest absolute Gasteiger partial charge is 0.478 e. The summed E-state index contributed by atoms with van der Waals surface area (Å²) in [6, 6.07) is 13.4.